The molecule has 0 aliphatic heterocycles. The molecule has 118 valence electrons. The third-order valence-corrected chi connectivity index (χ3v) is 3.67. The summed E-state index contributed by atoms with van der Waals surface area (Å²) in [7, 11) is 0. The lowest BCUT2D eigenvalue weighted by molar-refractivity contribution is 0.0421. The minimum Gasteiger partial charge on any atom is -0.459 e. The molecule has 0 aromatic carbocycles. The molecule has 0 saturated carbocycles. The van der Waals surface area contributed by atoms with Gasteiger partial charge in [-0.25, -0.2) is 0 Å². The monoisotopic (exact) mass is 294 g/mol. The quantitative estimate of drug-likeness (QED) is 0.612. The smallest absolute Gasteiger partial charge is 0.130 e. The Labute approximate surface area is 126 Å². The molecule has 21 heavy (non-hydrogen) atoms. The van der Waals surface area contributed by atoms with Crippen LogP contribution in [0.1, 0.15) is 44.6 Å². The number of rotatable bonds is 9. The van der Waals surface area contributed by atoms with Crippen LogP contribution < -0.4 is 0 Å². The molecule has 0 radical (unpaired) electrons. The minimum absolute atomic E-state index is 0.108. The number of aliphatic hydroxyl groups is 3. The molecule has 0 bridgehead atoms. The maximum absolute atomic E-state index is 10.1. The molecule has 4 heteroatoms. The number of allylic oxidation sites excluding steroid dienone is 1. The molecule has 1 aromatic rings. The largest absolute Gasteiger partial charge is 0.459 e. The van der Waals surface area contributed by atoms with E-state index in [1.807, 2.05) is 19.1 Å². The summed E-state index contributed by atoms with van der Waals surface area (Å²) in [6.07, 6.45) is 4.47. The first-order valence-corrected chi connectivity index (χ1v) is 7.39. The van der Waals surface area contributed by atoms with Gasteiger partial charge in [-0.3, -0.25) is 0 Å². The van der Waals surface area contributed by atoms with E-state index in [0.717, 1.165) is 18.4 Å². The van der Waals surface area contributed by atoms with Crippen LogP contribution in [0.15, 0.2) is 34.8 Å². The Morgan fingerprint density at radius 1 is 1.38 bits per heavy atom. The molecule has 4 nitrogen and oxygen atoms in total. The molecule has 1 aromatic heterocycles. The molecule has 0 aliphatic carbocycles. The van der Waals surface area contributed by atoms with Crippen molar-refractivity contribution in [3.63, 3.8) is 0 Å². The number of furan rings is 1. The first-order valence-electron chi connectivity index (χ1n) is 7.39. The van der Waals surface area contributed by atoms with Gasteiger partial charge in [0.1, 0.15) is 18.1 Å². The highest BCUT2D eigenvalue weighted by Gasteiger charge is 2.20. The van der Waals surface area contributed by atoms with Crippen molar-refractivity contribution in [1.82, 2.24) is 0 Å². The summed E-state index contributed by atoms with van der Waals surface area (Å²) < 4.78 is 5.43. The number of hydrogen-bond acceptors (Lipinski definition) is 4. The lowest BCUT2D eigenvalue weighted by Gasteiger charge is -2.22. The zero-order valence-corrected chi connectivity index (χ0v) is 12.8. The molecule has 0 fully saturated rings. The number of aliphatic hydroxyl groups excluding tert-OH is 3. The van der Waals surface area contributed by atoms with Crippen molar-refractivity contribution >= 4 is 6.08 Å². The van der Waals surface area contributed by atoms with Gasteiger partial charge in [-0.2, -0.15) is 0 Å². The second-order valence-corrected chi connectivity index (χ2v) is 5.28. The summed E-state index contributed by atoms with van der Waals surface area (Å²) >= 11 is 0. The maximum atomic E-state index is 10.1. The van der Waals surface area contributed by atoms with Crippen LogP contribution in [-0.2, 0) is 6.61 Å². The molecule has 0 spiro atoms. The molecule has 3 N–H and O–H groups in total. The van der Waals surface area contributed by atoms with Crippen LogP contribution >= 0.6 is 0 Å². The van der Waals surface area contributed by atoms with Gasteiger partial charge in [0.2, 0.25) is 0 Å². The highest BCUT2D eigenvalue weighted by molar-refractivity contribution is 5.47. The Kier molecular flexibility index (Phi) is 7.43. The fraction of sp³-hybridized carbons (Fsp3) is 0.529. The Morgan fingerprint density at radius 3 is 2.57 bits per heavy atom. The van der Waals surface area contributed by atoms with Crippen molar-refractivity contribution in [2.45, 2.75) is 51.9 Å². The Hall–Kier alpha value is -1.36. The van der Waals surface area contributed by atoms with Crippen molar-refractivity contribution in [3.05, 3.63) is 41.9 Å². The first kappa shape index (κ1) is 17.7. The van der Waals surface area contributed by atoms with Crippen LogP contribution in [0, 0.1) is 5.92 Å². The van der Waals surface area contributed by atoms with Crippen LogP contribution in [-0.4, -0.2) is 27.5 Å². The van der Waals surface area contributed by atoms with E-state index in [9.17, 15) is 10.2 Å². The highest BCUT2D eigenvalue weighted by atomic mass is 16.4. The van der Waals surface area contributed by atoms with Gasteiger partial charge < -0.3 is 19.7 Å². The standard InChI is InChI=1S/C17H26O4/c1-4-13(10-14-7-8-15(11-18)21-14)6-9-17(20)16(5-2)12(3)19/h5,7-8,10,12,16-20H,2,4,6,9,11H2,1,3H3/b13-10+/t12-,16+,17-/m1/s1. The van der Waals surface area contributed by atoms with Crippen LogP contribution in [0.3, 0.4) is 0 Å². The zero-order valence-electron chi connectivity index (χ0n) is 12.8. The third kappa shape index (κ3) is 5.50. The lowest BCUT2D eigenvalue weighted by atomic mass is 9.92. The molecule has 1 rings (SSSR count). The van der Waals surface area contributed by atoms with E-state index in [-0.39, 0.29) is 12.5 Å². The first-order chi connectivity index (χ1) is 10.0. The summed E-state index contributed by atoms with van der Waals surface area (Å²) in [5.41, 5.74) is 1.15. The van der Waals surface area contributed by atoms with Crippen LogP contribution in [0.25, 0.3) is 6.08 Å². The second-order valence-electron chi connectivity index (χ2n) is 5.28. The lowest BCUT2D eigenvalue weighted by Crippen LogP contribution is -2.28. The molecule has 0 aliphatic rings. The van der Waals surface area contributed by atoms with Gasteiger partial charge in [-0.1, -0.05) is 18.6 Å². The average molecular weight is 294 g/mol. The van der Waals surface area contributed by atoms with E-state index >= 15 is 0 Å². The number of hydrogen-bond donors (Lipinski definition) is 3. The highest BCUT2D eigenvalue weighted by Crippen LogP contribution is 2.21. The van der Waals surface area contributed by atoms with E-state index < -0.39 is 12.2 Å². The predicted octanol–water partition coefficient (Wildman–Crippen LogP) is 2.89. The van der Waals surface area contributed by atoms with Gasteiger partial charge in [-0.15, -0.1) is 6.58 Å². The normalized spacial score (nSPS) is 16.5. The maximum Gasteiger partial charge on any atom is 0.130 e. The van der Waals surface area contributed by atoms with Gasteiger partial charge in [0.05, 0.1) is 12.2 Å². The van der Waals surface area contributed by atoms with Gasteiger partial charge >= 0.3 is 0 Å². The van der Waals surface area contributed by atoms with Crippen molar-refractivity contribution in [2.75, 3.05) is 0 Å². The molecule has 3 atom stereocenters. The van der Waals surface area contributed by atoms with Gasteiger partial charge in [-0.05, 0) is 44.4 Å². The van der Waals surface area contributed by atoms with E-state index in [4.69, 9.17) is 9.52 Å². The molecule has 0 unspecified atom stereocenters. The summed E-state index contributed by atoms with van der Waals surface area (Å²) in [5, 5.41) is 28.7. The van der Waals surface area contributed by atoms with Crippen molar-refractivity contribution < 1.29 is 19.7 Å². The molecular weight excluding hydrogens is 268 g/mol. The van der Waals surface area contributed by atoms with Crippen LogP contribution in [0.4, 0.5) is 0 Å². The van der Waals surface area contributed by atoms with Gasteiger partial charge in [0.15, 0.2) is 0 Å². The predicted molar refractivity (Wildman–Crippen MR) is 83.5 cm³/mol. The van der Waals surface area contributed by atoms with E-state index in [2.05, 4.69) is 6.58 Å². The topological polar surface area (TPSA) is 73.8 Å². The molecule has 0 saturated heterocycles. The van der Waals surface area contributed by atoms with E-state index in [0.29, 0.717) is 17.9 Å². The van der Waals surface area contributed by atoms with Gasteiger partial charge in [0.25, 0.3) is 0 Å². The zero-order chi connectivity index (χ0) is 15.8. The summed E-state index contributed by atoms with van der Waals surface area (Å²) in [6.45, 7) is 7.26. The van der Waals surface area contributed by atoms with Crippen molar-refractivity contribution in [3.8, 4) is 0 Å². The Bertz CT molecular complexity index is 459. The minimum atomic E-state index is -0.609. The molecular formula is C17H26O4. The fourth-order valence-corrected chi connectivity index (χ4v) is 2.31. The fourth-order valence-electron chi connectivity index (χ4n) is 2.31. The van der Waals surface area contributed by atoms with Crippen molar-refractivity contribution in [2.24, 2.45) is 5.92 Å². The van der Waals surface area contributed by atoms with Crippen LogP contribution in [0.5, 0.6) is 0 Å². The van der Waals surface area contributed by atoms with Gasteiger partial charge in [0, 0.05) is 5.92 Å². The summed E-state index contributed by atoms with van der Waals surface area (Å²) in [6, 6.07) is 3.56. The summed E-state index contributed by atoms with van der Waals surface area (Å²) in [4.78, 5) is 0. The average Bonchev–Trinajstić information content (AvgIpc) is 2.91. The third-order valence-electron chi connectivity index (χ3n) is 3.67. The van der Waals surface area contributed by atoms with E-state index in [1.165, 1.54) is 0 Å². The van der Waals surface area contributed by atoms with Crippen molar-refractivity contribution in [1.29, 1.82) is 0 Å². The second kappa shape index (κ2) is 8.82. The SMILES string of the molecule is C=C[C@H]([C@H](O)CC/C(=C/c1ccc(CO)o1)CC)[C@@H](C)O. The molecule has 1 heterocycles. The summed E-state index contributed by atoms with van der Waals surface area (Å²) in [5.74, 6) is 0.937. The Balaban J connectivity index is 2.63. The molecule has 0 amide bonds. The van der Waals surface area contributed by atoms with E-state index in [1.54, 1.807) is 19.1 Å². The van der Waals surface area contributed by atoms with Crippen LogP contribution in [0.2, 0.25) is 0 Å². The Morgan fingerprint density at radius 2 is 2.10 bits per heavy atom.